The smallest absolute Gasteiger partial charge is 0.460 e. The molecule has 0 aliphatic carbocycles. The first-order valence-electron chi connectivity index (χ1n) is 44.7. The molecule has 0 bridgehead atoms. The molecule has 20 heteroatoms. The maximum Gasteiger partial charge on any atom is 2.00 e. The fourth-order valence-corrected chi connectivity index (χ4v) is 27.2. The normalized spacial score (nSPS) is 11.4. The number of rotatable bonds is 16. The summed E-state index contributed by atoms with van der Waals surface area (Å²) < 4.78 is 23.8. The molecule has 4 atom stereocenters. The van der Waals surface area contributed by atoms with Gasteiger partial charge in [-0.2, -0.15) is 97.1 Å². The molecule has 0 fully saturated rings. The van der Waals surface area contributed by atoms with Gasteiger partial charge in [0.15, 0.2) is 0 Å². The van der Waals surface area contributed by atoms with Crippen molar-refractivity contribution in [3.05, 3.63) is 458 Å². The van der Waals surface area contributed by atoms with Crippen molar-refractivity contribution >= 4 is 114 Å². The molecule has 4 unspecified atom stereocenters. The predicted molar refractivity (Wildman–Crippen MR) is 561 cm³/mol. The maximum absolute atomic E-state index is 5.98. The second-order valence-electron chi connectivity index (χ2n) is 33.3. The van der Waals surface area contributed by atoms with Gasteiger partial charge < -0.3 is 18.9 Å². The van der Waals surface area contributed by atoms with Crippen LogP contribution in [0.25, 0.3) is 150 Å². The minimum atomic E-state index is -0.776. The number of aryl methyl sites for hydroxylation is 8. The SMILES string of the molecule is Cc1ccc(-p2c3[c-]c(-c4[c-]c(Oc5ccccn5)ccc4)ccc3c3ccccc32)nc1C.Cc1ccc(Oc2[c-]c(-c3[c-]c4c(cc3)c3ccccc3p4-c3cc(C)ccn3)ccc2)nc1.Cc1ccnc(-p2c3[c-]c(-c4[c-]c(Oc5cccc(C)n5)ccc4)ccc3c3ccccc32)c1.Cc1ccnc(Oc2[c-]c(-c3[c-]c4c(cc3)c3ccccc3p4-c3cc(C)ccn3)ccc2)c1.[Pt+2].[Pt+2].[Pt+2].[Pt+2]. The van der Waals surface area contributed by atoms with Crippen LogP contribution in [-0.4, -0.2) is 39.9 Å². The predicted octanol–water partition coefficient (Wildman–Crippen LogP) is 33.7. The summed E-state index contributed by atoms with van der Waals surface area (Å²) in [5.41, 5.74) is 21.3. The van der Waals surface area contributed by atoms with Crippen LogP contribution in [0.3, 0.4) is 0 Å². The monoisotopic (exact) mass is 2600 g/mol. The van der Waals surface area contributed by atoms with Crippen molar-refractivity contribution < 1.29 is 103 Å². The van der Waals surface area contributed by atoms with Crippen molar-refractivity contribution in [2.75, 3.05) is 0 Å². The molecule has 12 aromatic heterocycles. The van der Waals surface area contributed by atoms with E-state index in [4.69, 9.17) is 38.9 Å². The summed E-state index contributed by atoms with van der Waals surface area (Å²) in [5, 5.41) is 20.3. The maximum atomic E-state index is 5.98. The van der Waals surface area contributed by atoms with E-state index in [1.54, 1.807) is 18.6 Å². The van der Waals surface area contributed by atoms with E-state index in [9.17, 15) is 0 Å². The molecule has 0 aliphatic rings. The van der Waals surface area contributed by atoms with Crippen LogP contribution < -0.4 is 18.9 Å². The van der Waals surface area contributed by atoms with Crippen molar-refractivity contribution in [3.63, 3.8) is 0 Å². The van der Waals surface area contributed by atoms with E-state index in [1.165, 1.54) is 106 Å². The number of hydrogen-bond acceptors (Lipinski definition) is 12. The summed E-state index contributed by atoms with van der Waals surface area (Å²) in [6, 6.07) is 140. The van der Waals surface area contributed by atoms with Crippen LogP contribution in [0.4, 0.5) is 0 Å². The third kappa shape index (κ3) is 21.4. The summed E-state index contributed by atoms with van der Waals surface area (Å²) in [5.74, 6) is 4.77. The van der Waals surface area contributed by atoms with Gasteiger partial charge in [0.1, 0.15) is 0 Å². The third-order valence-corrected chi connectivity index (χ3v) is 33.2. The number of ether oxygens (including phenoxy) is 4. The third-order valence-electron chi connectivity index (χ3n) is 23.7. The molecular weight excluding hydrogens is 2520 g/mol. The zero-order valence-electron chi connectivity index (χ0n) is 76.9. The van der Waals surface area contributed by atoms with Crippen molar-refractivity contribution in [2.24, 2.45) is 0 Å². The standard InChI is InChI=1S/4C30H21N2OP.4Pt/c1-20-15-16-31-30(17-20)34-27-11-4-3-10-25(27)26-14-13-23(19-28(26)34)22-8-6-9-24(18-22)33-29-12-5-7-21(2)32-29;1-20-13-16-30(32-21(20)2)34-27-11-4-3-10-25(27)26-15-14-23(19-28(26)34)22-8-7-9-24(18-22)33-29-12-5-6-17-31-29;1-20-14-15-31-30(16-20)34-27-9-4-3-8-25(27)26-12-11-23(18-28(26)34)22-6-5-7-24(17-22)33-29-13-10-21(2)19-32-29;1-20-12-14-31-29(16-20)33-24-7-5-6-22(18-24)23-10-11-26-25-8-3-4-9-27(25)34(28(26)19-23)30-17-21(2)13-15-32-30;;;;/h2*3-17H,1-2H3;3-16,19H,1-2H3;3-17H,1-2H3;;;;/q4*-2;4*+2. The fourth-order valence-electron chi connectivity index (χ4n) is 17.0. The van der Waals surface area contributed by atoms with Gasteiger partial charge in [-0.05, 0) is 191 Å². The first-order chi connectivity index (χ1) is 66.6. The van der Waals surface area contributed by atoms with Crippen molar-refractivity contribution in [3.8, 4) is 113 Å². The molecule has 0 amide bonds. The van der Waals surface area contributed by atoms with Gasteiger partial charge in [0.25, 0.3) is 0 Å². The molecule has 0 N–H and O–H groups in total. The van der Waals surface area contributed by atoms with Gasteiger partial charge in [0.05, 0.1) is 21.7 Å². The molecule has 0 aliphatic heterocycles. The Bertz CT molecular complexity index is 8420. The van der Waals surface area contributed by atoms with Crippen molar-refractivity contribution in [1.82, 2.24) is 39.9 Å². The Morgan fingerprint density at radius 3 is 0.900 bits per heavy atom. The minimum absolute atomic E-state index is 0. The second-order valence-corrected chi connectivity index (χ2v) is 41.6. The first kappa shape index (κ1) is 98.6. The second kappa shape index (κ2) is 44.2. The van der Waals surface area contributed by atoms with Crippen LogP contribution in [0.5, 0.6) is 46.5 Å². The molecule has 688 valence electrons. The average molecular weight is 2610 g/mol. The molecule has 24 aromatic rings. The topological polar surface area (TPSA) is 140 Å². The Labute approximate surface area is 875 Å². The van der Waals surface area contributed by atoms with Gasteiger partial charge in [-0.25, -0.2) is 69.4 Å². The zero-order chi connectivity index (χ0) is 92.3. The Morgan fingerprint density at radius 2 is 0.543 bits per heavy atom. The van der Waals surface area contributed by atoms with Gasteiger partial charge in [0.2, 0.25) is 23.5 Å². The summed E-state index contributed by atoms with van der Waals surface area (Å²) in [6.07, 6.45) is 11.0. The van der Waals surface area contributed by atoms with Crippen molar-refractivity contribution in [2.45, 2.75) is 55.4 Å². The Kier molecular flexibility index (Phi) is 31.1. The number of nitrogens with zero attached hydrogens (tertiary/aromatic N) is 8. The van der Waals surface area contributed by atoms with Crippen LogP contribution in [0.2, 0.25) is 0 Å². The van der Waals surface area contributed by atoms with E-state index in [1.807, 2.05) is 191 Å². The van der Waals surface area contributed by atoms with E-state index in [2.05, 4.69) is 279 Å². The first-order valence-corrected chi connectivity index (χ1v) is 50.1. The van der Waals surface area contributed by atoms with Gasteiger partial charge >= 0.3 is 84.3 Å². The number of benzene rings is 12. The summed E-state index contributed by atoms with van der Waals surface area (Å²) in [7, 11) is -3.08. The molecule has 0 saturated carbocycles. The molecule has 12 aromatic carbocycles. The van der Waals surface area contributed by atoms with E-state index in [-0.39, 0.29) is 84.3 Å². The number of hydrogen-bond donors (Lipinski definition) is 0. The molecule has 140 heavy (non-hydrogen) atoms. The molecular formula is C120H84N8O4P4Pt4. The van der Waals surface area contributed by atoms with Gasteiger partial charge in [0, 0.05) is 95.8 Å². The van der Waals surface area contributed by atoms with Gasteiger partial charge in [-0.3, -0.25) is 15.0 Å². The largest absolute Gasteiger partial charge is 2.00 e. The fraction of sp³-hybridized carbons (Fsp3) is 0.0667. The Morgan fingerprint density at radius 1 is 0.214 bits per heavy atom. The van der Waals surface area contributed by atoms with Crippen LogP contribution in [-0.2, 0) is 84.3 Å². The molecule has 0 radical (unpaired) electrons. The van der Waals surface area contributed by atoms with Crippen LogP contribution in [0.1, 0.15) is 44.8 Å². The van der Waals surface area contributed by atoms with Gasteiger partial charge in [-0.1, -0.05) is 193 Å². The molecule has 12 nitrogen and oxygen atoms in total. The van der Waals surface area contributed by atoms with E-state index < -0.39 is 30.1 Å². The van der Waals surface area contributed by atoms with E-state index in [0.29, 0.717) is 46.5 Å². The van der Waals surface area contributed by atoms with Gasteiger partial charge in [-0.15, -0.1) is 72.8 Å². The molecule has 0 saturated heterocycles. The van der Waals surface area contributed by atoms with E-state index in [0.717, 1.165) is 88.8 Å². The molecule has 0 spiro atoms. The number of aromatic nitrogens is 8. The number of pyridine rings is 8. The minimum Gasteiger partial charge on any atom is -0.460 e. The van der Waals surface area contributed by atoms with Crippen LogP contribution >= 0.6 is 30.1 Å². The molecule has 24 rings (SSSR count). The summed E-state index contributed by atoms with van der Waals surface area (Å²) in [6.45, 7) is 16.5. The van der Waals surface area contributed by atoms with Crippen molar-refractivity contribution in [1.29, 1.82) is 0 Å². The zero-order valence-corrected chi connectivity index (χ0v) is 89.6. The van der Waals surface area contributed by atoms with Crippen LogP contribution in [0, 0.1) is 104 Å². The summed E-state index contributed by atoms with van der Waals surface area (Å²) >= 11 is 0. The quantitative estimate of drug-likeness (QED) is 0.0851. The van der Waals surface area contributed by atoms with Crippen LogP contribution in [0.15, 0.2) is 365 Å². The average Bonchev–Trinajstić information content (AvgIpc) is 1.59. The number of fused-ring (bicyclic) bond motifs is 12. The molecule has 12 heterocycles. The Balaban J connectivity index is 0.000000128. The van der Waals surface area contributed by atoms with E-state index >= 15 is 0 Å². The summed E-state index contributed by atoms with van der Waals surface area (Å²) in [4.78, 5) is 36.6. The Hall–Kier alpha value is -13.0.